The molecule has 0 radical (unpaired) electrons. The van der Waals surface area contributed by atoms with Gasteiger partial charge in [0.2, 0.25) is 0 Å². The Kier molecular flexibility index (Phi) is 5.07. The number of para-hydroxylation sites is 2. The van der Waals surface area contributed by atoms with Gasteiger partial charge in [-0.3, -0.25) is 0 Å². The number of rotatable bonds is 6. The van der Waals surface area contributed by atoms with Crippen molar-refractivity contribution in [2.75, 3.05) is 0 Å². The van der Waals surface area contributed by atoms with Crippen LogP contribution in [0.25, 0.3) is 10.1 Å². The molecule has 1 N–H and O–H groups in total. The maximum Gasteiger partial charge on any atom is 0.169 e. The van der Waals surface area contributed by atoms with Crippen molar-refractivity contribution in [2.24, 2.45) is 0 Å². The Morgan fingerprint density at radius 3 is 2.21 bits per heavy atom. The van der Waals surface area contributed by atoms with Crippen LogP contribution in [0.15, 0.2) is 78.9 Å². The van der Waals surface area contributed by atoms with Gasteiger partial charge in [-0.25, -0.2) is 0 Å². The molecule has 1 aromatic heterocycles. The highest BCUT2D eigenvalue weighted by Crippen LogP contribution is 2.46. The predicted molar refractivity (Wildman–Crippen MR) is 114 cm³/mol. The molecule has 0 amide bonds. The Morgan fingerprint density at radius 1 is 0.821 bits per heavy atom. The number of thiophene rings is 1. The third-order valence-electron chi connectivity index (χ3n) is 4.40. The fourth-order valence-electron chi connectivity index (χ4n) is 3.02. The summed E-state index contributed by atoms with van der Waals surface area (Å²) in [5.41, 5.74) is 0.0919. The van der Waals surface area contributed by atoms with Crippen molar-refractivity contribution in [1.29, 1.82) is 0 Å². The molecule has 0 fully saturated rings. The lowest BCUT2D eigenvalue weighted by Crippen LogP contribution is -2.14. The van der Waals surface area contributed by atoms with Gasteiger partial charge in [-0.2, -0.15) is 0 Å². The van der Waals surface area contributed by atoms with Crippen LogP contribution >= 0.6 is 11.3 Å². The summed E-state index contributed by atoms with van der Waals surface area (Å²) in [7, 11) is 0. The Balaban J connectivity index is 1.68. The van der Waals surface area contributed by atoms with E-state index in [1.807, 2.05) is 78.9 Å². The number of benzene rings is 3. The summed E-state index contributed by atoms with van der Waals surface area (Å²) in [6.07, 6.45) is 0. The van der Waals surface area contributed by atoms with Crippen molar-refractivity contribution >= 4 is 21.4 Å². The van der Waals surface area contributed by atoms with Crippen molar-refractivity contribution in [3.05, 3.63) is 89.3 Å². The fraction of sp³-hybridized carbons (Fsp3) is 0.167. The second-order valence-electron chi connectivity index (χ2n) is 7.14. The molecule has 142 valence electrons. The maximum atomic E-state index is 10.7. The smallest absolute Gasteiger partial charge is 0.169 e. The quantitative estimate of drug-likeness (QED) is 0.408. The molecule has 28 heavy (non-hydrogen) atoms. The molecule has 0 spiro atoms. The van der Waals surface area contributed by atoms with Gasteiger partial charge in [-0.15, -0.1) is 11.3 Å². The van der Waals surface area contributed by atoms with E-state index in [1.54, 1.807) is 25.2 Å². The average Bonchev–Trinajstić information content (AvgIpc) is 3.07. The number of aliphatic hydroxyl groups is 1. The molecule has 4 rings (SSSR count). The van der Waals surface area contributed by atoms with Crippen LogP contribution in [0.3, 0.4) is 0 Å². The van der Waals surface area contributed by atoms with Gasteiger partial charge in [0.25, 0.3) is 0 Å². The second-order valence-corrected chi connectivity index (χ2v) is 8.19. The highest BCUT2D eigenvalue weighted by molar-refractivity contribution is 7.19. The van der Waals surface area contributed by atoms with E-state index in [0.29, 0.717) is 23.9 Å². The van der Waals surface area contributed by atoms with Crippen LogP contribution in [0.2, 0.25) is 0 Å². The van der Waals surface area contributed by atoms with Crippen LogP contribution in [0.1, 0.15) is 24.3 Å². The van der Waals surface area contributed by atoms with Crippen molar-refractivity contribution in [1.82, 2.24) is 0 Å². The molecule has 0 bridgehead atoms. The first kappa shape index (κ1) is 18.5. The van der Waals surface area contributed by atoms with E-state index in [-0.39, 0.29) is 0 Å². The van der Waals surface area contributed by atoms with Gasteiger partial charge in [0.1, 0.15) is 6.61 Å². The number of fused-ring (bicyclic) bond motifs is 1. The van der Waals surface area contributed by atoms with Gasteiger partial charge in [-0.05, 0) is 43.7 Å². The molecule has 3 nitrogen and oxygen atoms in total. The van der Waals surface area contributed by atoms with Crippen LogP contribution in [-0.2, 0) is 12.2 Å². The molecule has 1 heterocycles. The molecule has 0 saturated carbocycles. The first-order valence-electron chi connectivity index (χ1n) is 9.20. The fourth-order valence-corrected chi connectivity index (χ4v) is 4.16. The second kappa shape index (κ2) is 7.66. The zero-order chi connectivity index (χ0) is 19.6. The monoisotopic (exact) mass is 390 g/mol. The molecule has 4 aromatic rings. The third kappa shape index (κ3) is 3.88. The SMILES string of the molecule is CC(C)(O)c1sc2ccccc2c1Oc1ccccc1OCc1ccccc1. The van der Waals surface area contributed by atoms with E-state index in [1.165, 1.54) is 0 Å². The van der Waals surface area contributed by atoms with Gasteiger partial charge in [-0.1, -0.05) is 54.6 Å². The predicted octanol–water partition coefficient (Wildman–Crippen LogP) is 6.50. The lowest BCUT2D eigenvalue weighted by Gasteiger charge is -2.19. The van der Waals surface area contributed by atoms with E-state index < -0.39 is 5.60 Å². The van der Waals surface area contributed by atoms with Crippen LogP contribution in [-0.4, -0.2) is 5.11 Å². The van der Waals surface area contributed by atoms with Crippen molar-refractivity contribution < 1.29 is 14.6 Å². The summed E-state index contributed by atoms with van der Waals surface area (Å²) in [4.78, 5) is 0.798. The molecule has 0 atom stereocenters. The highest BCUT2D eigenvalue weighted by atomic mass is 32.1. The number of hydrogen-bond donors (Lipinski definition) is 1. The topological polar surface area (TPSA) is 38.7 Å². The summed E-state index contributed by atoms with van der Waals surface area (Å²) in [5, 5.41) is 11.7. The van der Waals surface area contributed by atoms with Crippen LogP contribution in [0.5, 0.6) is 17.2 Å². The lowest BCUT2D eigenvalue weighted by atomic mass is 10.1. The van der Waals surface area contributed by atoms with E-state index in [0.717, 1.165) is 20.5 Å². The van der Waals surface area contributed by atoms with Gasteiger partial charge in [0.15, 0.2) is 17.2 Å². The largest absolute Gasteiger partial charge is 0.485 e. The number of ether oxygens (including phenoxy) is 2. The summed E-state index contributed by atoms with van der Waals surface area (Å²) in [6, 6.07) is 25.7. The van der Waals surface area contributed by atoms with Crippen LogP contribution < -0.4 is 9.47 Å². The Hall–Kier alpha value is -2.82. The maximum absolute atomic E-state index is 10.7. The highest BCUT2D eigenvalue weighted by Gasteiger charge is 2.27. The van der Waals surface area contributed by atoms with Crippen molar-refractivity contribution in [3.63, 3.8) is 0 Å². The Labute approximate surface area is 168 Å². The standard InChI is InChI=1S/C24H22O3S/c1-24(2,25)23-22(18-12-6-9-15-21(18)28-23)27-20-14-8-7-13-19(20)26-16-17-10-4-3-5-11-17/h3-15,25H,16H2,1-2H3. The Bertz CT molecular complexity index is 1080. The van der Waals surface area contributed by atoms with Gasteiger partial charge >= 0.3 is 0 Å². The van der Waals surface area contributed by atoms with E-state index in [4.69, 9.17) is 9.47 Å². The molecule has 4 heteroatoms. The van der Waals surface area contributed by atoms with E-state index in [9.17, 15) is 5.11 Å². The summed E-state index contributed by atoms with van der Waals surface area (Å²) in [5.74, 6) is 1.99. The molecule has 0 unspecified atom stereocenters. The first-order chi connectivity index (χ1) is 13.5. The molecular formula is C24H22O3S. The summed E-state index contributed by atoms with van der Waals surface area (Å²) < 4.78 is 13.4. The molecular weight excluding hydrogens is 368 g/mol. The van der Waals surface area contributed by atoms with E-state index in [2.05, 4.69) is 0 Å². The summed E-state index contributed by atoms with van der Waals surface area (Å²) in [6.45, 7) is 4.02. The zero-order valence-electron chi connectivity index (χ0n) is 15.9. The third-order valence-corrected chi connectivity index (χ3v) is 5.87. The molecule has 0 aliphatic heterocycles. The van der Waals surface area contributed by atoms with Crippen molar-refractivity contribution in [3.8, 4) is 17.2 Å². The first-order valence-corrected chi connectivity index (χ1v) is 10.0. The summed E-state index contributed by atoms with van der Waals surface area (Å²) >= 11 is 1.55. The lowest BCUT2D eigenvalue weighted by molar-refractivity contribution is 0.0805. The molecule has 3 aromatic carbocycles. The normalized spacial score (nSPS) is 11.5. The number of hydrogen-bond acceptors (Lipinski definition) is 4. The minimum Gasteiger partial charge on any atom is -0.485 e. The van der Waals surface area contributed by atoms with Crippen LogP contribution in [0.4, 0.5) is 0 Å². The van der Waals surface area contributed by atoms with Crippen molar-refractivity contribution in [2.45, 2.75) is 26.1 Å². The van der Waals surface area contributed by atoms with E-state index >= 15 is 0 Å². The molecule has 0 saturated heterocycles. The van der Waals surface area contributed by atoms with Crippen LogP contribution in [0, 0.1) is 0 Å². The van der Waals surface area contributed by atoms with Gasteiger partial charge < -0.3 is 14.6 Å². The minimum atomic E-state index is -1.00. The molecule has 0 aliphatic rings. The Morgan fingerprint density at radius 2 is 1.46 bits per heavy atom. The zero-order valence-corrected chi connectivity index (χ0v) is 16.7. The average molecular weight is 391 g/mol. The minimum absolute atomic E-state index is 0.462. The van der Waals surface area contributed by atoms with Gasteiger partial charge in [0, 0.05) is 10.1 Å². The molecule has 0 aliphatic carbocycles. The van der Waals surface area contributed by atoms with Gasteiger partial charge in [0.05, 0.1) is 10.5 Å².